The van der Waals surface area contributed by atoms with Crippen LogP contribution in [0.2, 0.25) is 0 Å². The molecule has 0 aliphatic carbocycles. The van der Waals surface area contributed by atoms with Gasteiger partial charge in [0, 0.05) is 59.2 Å². The third-order valence-corrected chi connectivity index (χ3v) is 17.5. The normalized spacial score (nSPS) is 17.3. The van der Waals surface area contributed by atoms with Crippen LogP contribution >= 0.6 is 0 Å². The van der Waals surface area contributed by atoms with E-state index in [4.69, 9.17) is 29.4 Å². The fourth-order valence-electron chi connectivity index (χ4n) is 11.8. The van der Waals surface area contributed by atoms with Gasteiger partial charge >= 0.3 is 12.1 Å². The van der Waals surface area contributed by atoms with Crippen LogP contribution in [0.3, 0.4) is 0 Å². The number of hydrogen-bond acceptors (Lipinski definition) is 17. The summed E-state index contributed by atoms with van der Waals surface area (Å²) in [5, 5.41) is 27.4. The average molecular weight is 1350 g/mol. The zero-order valence-electron chi connectivity index (χ0n) is 58.3. The van der Waals surface area contributed by atoms with Crippen molar-refractivity contribution in [2.45, 2.75) is 175 Å². The minimum absolute atomic E-state index is 0.00291. The molecule has 2 heterocycles. The minimum Gasteiger partial charge on any atom is -0.445 e. The van der Waals surface area contributed by atoms with E-state index in [-0.39, 0.29) is 76.5 Å². The summed E-state index contributed by atoms with van der Waals surface area (Å²) in [7, 11) is 6.06. The number of methoxy groups -OCH3 is 2. The average Bonchev–Trinajstić information content (AvgIpc) is 1.48. The first-order valence-corrected chi connectivity index (χ1v) is 33.0. The third-order valence-electron chi connectivity index (χ3n) is 17.5. The summed E-state index contributed by atoms with van der Waals surface area (Å²) in [6.45, 7) is 18.0. The van der Waals surface area contributed by atoms with Gasteiger partial charge in [-0.3, -0.25) is 53.0 Å². The van der Waals surface area contributed by atoms with Gasteiger partial charge in [0.1, 0.15) is 37.4 Å². The molecule has 28 nitrogen and oxygen atoms in total. The number of ether oxygens (including phenoxy) is 5. The van der Waals surface area contributed by atoms with Crippen LogP contribution in [0, 0.1) is 29.6 Å². The summed E-state index contributed by atoms with van der Waals surface area (Å²) >= 11 is 0. The van der Waals surface area contributed by atoms with Crippen molar-refractivity contribution in [3.63, 3.8) is 0 Å². The molecule has 4 rings (SSSR count). The van der Waals surface area contributed by atoms with Gasteiger partial charge < -0.3 is 76.2 Å². The van der Waals surface area contributed by atoms with E-state index in [1.54, 1.807) is 109 Å². The molecule has 12 atom stereocenters. The molecule has 9 N–H and O–H groups in total. The fraction of sp³-hybridized carbons (Fsp3) is 0.632. The van der Waals surface area contributed by atoms with Crippen molar-refractivity contribution < 1.29 is 81.5 Å². The summed E-state index contributed by atoms with van der Waals surface area (Å²) in [5.74, 6) is -6.52. The SMILES string of the molecule is CC[C@H](C)[C@@H]([C@@H](CC(=O)N1CCC[C@H]1[C@H](OC)[C@@H](C)C(=O)N[C@H](C)[C@@H](O)c1ccccc1)OC)N(C)C(=O)[C@@H](NC(=O)[C@H](C(C)C)N(C)C(=O)OCc1ccc(NC(=O)[C@H](CCCNC(N)=O)NC(=O)[C@@H](NC(=O)COCCOCCN2C(=O)C=CC2=O)C(C)C)cc1)C(C)C. The standard InChI is InChI=1S/C68H105N11O17/c1-15-43(8)59(51(92-13)37-55(83)78-32-20-24-50(78)61(93-14)44(9)62(85)71-45(10)60(84)47-21-17-16-18-22-47)76(11)66(89)57(41(4)5)75-65(88)58(42(6)7)77(12)68(91)96-38-46-25-27-48(28-26-46)72-63(86)49(23-19-31-70-67(69)90)73-64(87)56(40(2)3)74-52(80)39-95-36-35-94-34-33-79-53(81)29-30-54(79)82/h16-18,21-22,25-30,40-45,49-51,56-61,84H,15,19-20,23-24,31-39H2,1-14H3,(H,71,85)(H,72,86)(H,73,87)(H,74,80)(H,75,88)(H3,69,70,90)/t43-,44+,45+,49-,50-,51+,56-,57-,58-,59-,60+,61+/m0/s1. The van der Waals surface area contributed by atoms with E-state index in [1.165, 1.54) is 38.3 Å². The second-order valence-electron chi connectivity index (χ2n) is 25.6. The number of nitrogens with one attached hydrogen (secondary N) is 6. The lowest BCUT2D eigenvalue weighted by atomic mass is 9.89. The van der Waals surface area contributed by atoms with Crippen LogP contribution in [0.25, 0.3) is 0 Å². The quantitative estimate of drug-likeness (QED) is 0.0349. The molecule has 96 heavy (non-hydrogen) atoms. The number of anilines is 1. The molecule has 0 saturated carbocycles. The van der Waals surface area contributed by atoms with Crippen LogP contribution in [0.1, 0.15) is 125 Å². The maximum Gasteiger partial charge on any atom is 0.410 e. The van der Waals surface area contributed by atoms with Crippen LogP contribution < -0.4 is 37.6 Å². The smallest absolute Gasteiger partial charge is 0.410 e. The van der Waals surface area contributed by atoms with Gasteiger partial charge in [0.15, 0.2) is 0 Å². The Kier molecular flexibility index (Phi) is 33.4. The molecule has 2 aromatic carbocycles. The van der Waals surface area contributed by atoms with Crippen molar-refractivity contribution in [1.82, 2.24) is 46.2 Å². The second kappa shape index (κ2) is 39.9. The highest BCUT2D eigenvalue weighted by Crippen LogP contribution is 2.31. The number of aliphatic hydroxyl groups is 1. The molecule has 534 valence electrons. The van der Waals surface area contributed by atoms with E-state index in [1.807, 2.05) is 32.0 Å². The van der Waals surface area contributed by atoms with E-state index < -0.39 is 144 Å². The lowest BCUT2D eigenvalue weighted by molar-refractivity contribution is -0.148. The predicted molar refractivity (Wildman–Crippen MR) is 357 cm³/mol. The van der Waals surface area contributed by atoms with Crippen LogP contribution in [-0.4, -0.2) is 219 Å². The predicted octanol–water partition coefficient (Wildman–Crippen LogP) is 3.55. The number of aliphatic hydroxyl groups excluding tert-OH is 1. The largest absolute Gasteiger partial charge is 0.445 e. The number of imide groups is 1. The zero-order valence-corrected chi connectivity index (χ0v) is 58.3. The first kappa shape index (κ1) is 80.4. The molecule has 0 spiro atoms. The Morgan fingerprint density at radius 2 is 1.35 bits per heavy atom. The van der Waals surface area contributed by atoms with Gasteiger partial charge in [0.05, 0.1) is 75.1 Å². The summed E-state index contributed by atoms with van der Waals surface area (Å²) in [6, 6.07) is 8.53. The van der Waals surface area contributed by atoms with Gasteiger partial charge in [0.2, 0.25) is 41.4 Å². The van der Waals surface area contributed by atoms with Crippen molar-refractivity contribution in [2.24, 2.45) is 35.3 Å². The van der Waals surface area contributed by atoms with Gasteiger partial charge in [-0.15, -0.1) is 0 Å². The second-order valence-corrected chi connectivity index (χ2v) is 25.6. The lowest BCUT2D eigenvalue weighted by Gasteiger charge is -2.41. The molecular formula is C68H105N11O17. The Morgan fingerprint density at radius 1 is 0.719 bits per heavy atom. The Bertz CT molecular complexity index is 2920. The number of benzene rings is 2. The van der Waals surface area contributed by atoms with Crippen LogP contribution in [0.4, 0.5) is 15.3 Å². The Hall–Kier alpha value is -8.05. The molecule has 28 heteroatoms. The highest BCUT2D eigenvalue weighted by atomic mass is 16.6. The third kappa shape index (κ3) is 23.9. The van der Waals surface area contributed by atoms with E-state index in [9.17, 15) is 57.8 Å². The van der Waals surface area contributed by atoms with Crippen LogP contribution in [0.5, 0.6) is 0 Å². The van der Waals surface area contributed by atoms with Gasteiger partial charge in [-0.05, 0) is 79.5 Å². The van der Waals surface area contributed by atoms with Crippen molar-refractivity contribution in [1.29, 1.82) is 0 Å². The summed E-state index contributed by atoms with van der Waals surface area (Å²) in [5.41, 5.74) is 6.73. The maximum atomic E-state index is 14.8. The number of nitrogens with zero attached hydrogens (tertiary/aromatic N) is 4. The summed E-state index contributed by atoms with van der Waals surface area (Å²) in [6.07, 6.45) is 1.19. The molecule has 2 aromatic rings. The van der Waals surface area contributed by atoms with Gasteiger partial charge in [0.25, 0.3) is 11.8 Å². The lowest BCUT2D eigenvalue weighted by Crippen LogP contribution is -2.60. The molecule has 0 radical (unpaired) electrons. The Labute approximate surface area is 564 Å². The number of rotatable bonds is 40. The zero-order chi connectivity index (χ0) is 71.5. The molecule has 12 amide bonds. The molecule has 1 fully saturated rings. The molecule has 0 unspecified atom stereocenters. The first-order chi connectivity index (χ1) is 45.5. The van der Waals surface area contributed by atoms with Crippen molar-refractivity contribution in [2.75, 3.05) is 79.7 Å². The van der Waals surface area contributed by atoms with Crippen molar-refractivity contribution in [3.05, 3.63) is 77.9 Å². The van der Waals surface area contributed by atoms with Gasteiger partial charge in [-0.2, -0.15) is 0 Å². The maximum absolute atomic E-state index is 14.8. The number of nitrogens with two attached hydrogens (primary N) is 1. The monoisotopic (exact) mass is 1350 g/mol. The van der Waals surface area contributed by atoms with Gasteiger partial charge in [-0.1, -0.05) is 111 Å². The van der Waals surface area contributed by atoms with Crippen molar-refractivity contribution >= 4 is 71.0 Å². The summed E-state index contributed by atoms with van der Waals surface area (Å²) in [4.78, 5) is 152. The topological polar surface area (TPSA) is 365 Å². The molecule has 0 bridgehead atoms. The number of primary amides is 1. The van der Waals surface area contributed by atoms with E-state index in [2.05, 4.69) is 31.9 Å². The Morgan fingerprint density at radius 3 is 1.94 bits per heavy atom. The summed E-state index contributed by atoms with van der Waals surface area (Å²) < 4.78 is 28.5. The molecule has 2 aliphatic heterocycles. The van der Waals surface area contributed by atoms with E-state index in [0.29, 0.717) is 42.6 Å². The highest BCUT2D eigenvalue weighted by molar-refractivity contribution is 6.12. The minimum atomic E-state index is -1.15. The number of hydrogen-bond donors (Lipinski definition) is 8. The Balaban J connectivity index is 1.36. The van der Waals surface area contributed by atoms with Crippen LogP contribution in [-0.2, 0) is 73.4 Å². The number of carbonyl (C=O) groups is 11. The molecular weight excluding hydrogens is 1240 g/mol. The fourth-order valence-corrected chi connectivity index (χ4v) is 11.8. The number of likely N-dealkylation sites (tertiary alicyclic amines) is 1. The molecule has 0 aromatic heterocycles. The first-order valence-electron chi connectivity index (χ1n) is 33.0. The molecule has 2 aliphatic rings. The molecule has 1 saturated heterocycles. The van der Waals surface area contributed by atoms with E-state index in [0.717, 1.165) is 4.90 Å². The van der Waals surface area contributed by atoms with E-state index >= 15 is 0 Å². The van der Waals surface area contributed by atoms with Gasteiger partial charge in [-0.25, -0.2) is 9.59 Å². The van der Waals surface area contributed by atoms with Crippen molar-refractivity contribution in [3.8, 4) is 0 Å². The van der Waals surface area contributed by atoms with Crippen LogP contribution in [0.15, 0.2) is 66.7 Å². The number of amides is 12. The highest BCUT2D eigenvalue weighted by Gasteiger charge is 2.44. The number of urea groups is 1. The number of carbonyl (C=O) groups excluding carboxylic acids is 11. The number of likely N-dealkylation sites (N-methyl/N-ethyl adjacent to an activating group) is 2.